The van der Waals surface area contributed by atoms with Gasteiger partial charge in [0.25, 0.3) is 0 Å². The van der Waals surface area contributed by atoms with Crippen molar-refractivity contribution in [2.24, 2.45) is 7.05 Å². The lowest BCUT2D eigenvalue weighted by Gasteiger charge is -2.35. The van der Waals surface area contributed by atoms with E-state index in [-0.39, 0.29) is 27.8 Å². The minimum atomic E-state index is -3.46. The van der Waals surface area contributed by atoms with Crippen LogP contribution in [0, 0.1) is 20.8 Å². The summed E-state index contributed by atoms with van der Waals surface area (Å²) in [6, 6.07) is 5.98. The summed E-state index contributed by atoms with van der Waals surface area (Å²) in [6.45, 7) is 9.08. The van der Waals surface area contributed by atoms with Crippen LogP contribution < -0.4 is 4.74 Å². The van der Waals surface area contributed by atoms with Crippen molar-refractivity contribution in [1.29, 1.82) is 0 Å². The highest BCUT2D eigenvalue weighted by Crippen LogP contribution is 2.43. The summed E-state index contributed by atoms with van der Waals surface area (Å²) in [5.74, 6) is -1.14. The lowest BCUT2D eigenvalue weighted by Crippen LogP contribution is -2.33. The first-order valence-electron chi connectivity index (χ1n) is 11.3. The Kier molecular flexibility index (Phi) is 6.60. The van der Waals surface area contributed by atoms with E-state index in [2.05, 4.69) is 5.10 Å². The maximum Gasteiger partial charge on any atom is 0.346 e. The number of benzene rings is 2. The number of aryl methyl sites for hydroxylation is 3. The van der Waals surface area contributed by atoms with Crippen molar-refractivity contribution in [3.63, 3.8) is 0 Å². The van der Waals surface area contributed by atoms with Crippen molar-refractivity contribution in [3.05, 3.63) is 73.4 Å². The Hall–Kier alpha value is -2.68. The van der Waals surface area contributed by atoms with Crippen LogP contribution in [0.15, 0.2) is 29.2 Å². The first-order valence-corrected chi connectivity index (χ1v) is 13.7. The first kappa shape index (κ1) is 26.4. The van der Waals surface area contributed by atoms with Gasteiger partial charge in [-0.15, -0.1) is 0 Å². The average Bonchev–Trinajstić information content (AvgIpc) is 3.04. The Morgan fingerprint density at radius 1 is 1.08 bits per heavy atom. The van der Waals surface area contributed by atoms with E-state index in [1.165, 1.54) is 22.9 Å². The first-order chi connectivity index (χ1) is 16.7. The molecule has 0 bridgehead atoms. The van der Waals surface area contributed by atoms with E-state index in [0.29, 0.717) is 44.3 Å². The Labute approximate surface area is 220 Å². The number of esters is 1. The molecule has 0 unspecified atom stereocenters. The summed E-state index contributed by atoms with van der Waals surface area (Å²) >= 11 is 12.1. The summed E-state index contributed by atoms with van der Waals surface area (Å²) in [6.07, 6.45) is 0.455. The molecule has 4 rings (SSSR count). The minimum Gasteiger partial charge on any atom is -0.403 e. The van der Waals surface area contributed by atoms with Crippen molar-refractivity contribution in [2.45, 2.75) is 51.3 Å². The molecule has 1 aliphatic rings. The monoisotopic (exact) mass is 548 g/mol. The number of carbonyl (C=O) groups excluding carboxylic acids is 2. The molecule has 7 nitrogen and oxygen atoms in total. The summed E-state index contributed by atoms with van der Waals surface area (Å²) < 4.78 is 32.8. The van der Waals surface area contributed by atoms with Gasteiger partial charge in [-0.25, -0.2) is 17.9 Å². The number of carbonyl (C=O) groups is 2. The number of sulfone groups is 1. The zero-order chi connectivity index (χ0) is 26.7. The van der Waals surface area contributed by atoms with Crippen LogP contribution in [0.25, 0.3) is 0 Å². The largest absolute Gasteiger partial charge is 0.403 e. The number of ether oxygens (including phenoxy) is 1. The van der Waals surface area contributed by atoms with E-state index in [0.717, 1.165) is 0 Å². The third kappa shape index (κ3) is 4.35. The van der Waals surface area contributed by atoms with Gasteiger partial charge in [0, 0.05) is 17.6 Å². The fraction of sp³-hybridized carbons (Fsp3) is 0.346. The predicted molar refractivity (Wildman–Crippen MR) is 138 cm³/mol. The zero-order valence-corrected chi connectivity index (χ0v) is 23.2. The molecule has 0 spiro atoms. The summed E-state index contributed by atoms with van der Waals surface area (Å²) in [5.41, 5.74) is 2.25. The highest BCUT2D eigenvalue weighted by Gasteiger charge is 2.40. The van der Waals surface area contributed by atoms with Gasteiger partial charge in [0.15, 0.2) is 9.84 Å². The van der Waals surface area contributed by atoms with Gasteiger partial charge in [-0.2, -0.15) is 5.10 Å². The fourth-order valence-corrected chi connectivity index (χ4v) is 7.67. The van der Waals surface area contributed by atoms with E-state index < -0.39 is 27.0 Å². The molecule has 2 aromatic carbocycles. The summed E-state index contributed by atoms with van der Waals surface area (Å²) in [4.78, 5) is 27.1. The number of fused-ring (bicyclic) bond motifs is 1. The van der Waals surface area contributed by atoms with E-state index in [1.54, 1.807) is 33.9 Å². The molecule has 2 heterocycles. The number of rotatable bonds is 4. The number of hydrogen-bond acceptors (Lipinski definition) is 6. The number of aromatic nitrogens is 2. The molecule has 190 valence electrons. The molecule has 0 N–H and O–H groups in total. The number of halogens is 2. The highest BCUT2D eigenvalue weighted by molar-refractivity contribution is 7.91. The van der Waals surface area contributed by atoms with Crippen LogP contribution in [0.5, 0.6) is 5.88 Å². The molecule has 0 amide bonds. The lowest BCUT2D eigenvalue weighted by molar-refractivity contribution is 0.0718. The zero-order valence-electron chi connectivity index (χ0n) is 20.8. The van der Waals surface area contributed by atoms with Crippen LogP contribution in [-0.2, 0) is 22.3 Å². The number of ketones is 1. The molecule has 3 aromatic rings. The smallest absolute Gasteiger partial charge is 0.346 e. The molecule has 0 fully saturated rings. The van der Waals surface area contributed by atoms with Gasteiger partial charge in [0.1, 0.15) is 5.56 Å². The van der Waals surface area contributed by atoms with Crippen LogP contribution in [0.1, 0.15) is 68.9 Å². The minimum absolute atomic E-state index is 0.0322. The van der Waals surface area contributed by atoms with Crippen LogP contribution in [0.3, 0.4) is 0 Å². The lowest BCUT2D eigenvalue weighted by atomic mass is 9.76. The molecule has 36 heavy (non-hydrogen) atoms. The van der Waals surface area contributed by atoms with Gasteiger partial charge in [-0.3, -0.25) is 4.79 Å². The SMILES string of the molecule is Cc1cc(C(=O)c2c(C)nn(C)c2OC(=O)c2ccc(Cl)cc2Cl)c(C)c2c1S(=O)(=O)CCC2(C)C. The second-order valence-electron chi connectivity index (χ2n) is 9.75. The topological polar surface area (TPSA) is 95.3 Å². The maximum absolute atomic E-state index is 13.9. The predicted octanol–water partition coefficient (Wildman–Crippen LogP) is 5.56. The molecule has 0 atom stereocenters. The molecule has 0 aliphatic carbocycles. The second kappa shape index (κ2) is 9.01. The molecule has 1 aliphatic heterocycles. The van der Waals surface area contributed by atoms with Gasteiger partial charge in [0.05, 0.1) is 26.9 Å². The van der Waals surface area contributed by atoms with E-state index >= 15 is 0 Å². The van der Waals surface area contributed by atoms with Gasteiger partial charge in [-0.1, -0.05) is 37.0 Å². The molecular weight excluding hydrogens is 523 g/mol. The van der Waals surface area contributed by atoms with Crippen LogP contribution in [0.2, 0.25) is 10.0 Å². The Morgan fingerprint density at radius 2 is 1.75 bits per heavy atom. The third-order valence-electron chi connectivity index (χ3n) is 6.69. The molecular formula is C26H26Cl2N2O5S. The summed E-state index contributed by atoms with van der Waals surface area (Å²) in [7, 11) is -1.89. The standard InChI is InChI=1S/C26H26Cl2N2O5S/c1-13-11-18(14(2)21-23(13)36(33,34)10-9-26(21,4)5)22(31)20-15(3)29-30(6)24(20)35-25(32)17-8-7-16(27)12-19(17)28/h7-8,11-12H,9-10H2,1-6H3. The van der Waals surface area contributed by atoms with E-state index in [1.807, 2.05) is 13.8 Å². The quantitative estimate of drug-likeness (QED) is 0.313. The van der Waals surface area contributed by atoms with Gasteiger partial charge < -0.3 is 4.74 Å². The number of hydrogen-bond donors (Lipinski definition) is 0. The van der Waals surface area contributed by atoms with Gasteiger partial charge in [-0.05, 0) is 73.6 Å². The van der Waals surface area contributed by atoms with Crippen LogP contribution in [0.4, 0.5) is 0 Å². The average molecular weight is 549 g/mol. The normalized spacial score (nSPS) is 15.9. The van der Waals surface area contributed by atoms with Crippen molar-refractivity contribution in [2.75, 3.05) is 5.75 Å². The Bertz CT molecular complexity index is 1550. The van der Waals surface area contributed by atoms with Crippen molar-refractivity contribution < 1.29 is 22.7 Å². The van der Waals surface area contributed by atoms with E-state index in [4.69, 9.17) is 27.9 Å². The highest BCUT2D eigenvalue weighted by atomic mass is 35.5. The fourth-order valence-electron chi connectivity index (χ4n) is 4.91. The molecule has 0 saturated heterocycles. The number of nitrogens with zero attached hydrogens (tertiary/aromatic N) is 2. The molecule has 1 aromatic heterocycles. The van der Waals surface area contributed by atoms with Gasteiger partial charge >= 0.3 is 5.97 Å². The van der Waals surface area contributed by atoms with Gasteiger partial charge in [0.2, 0.25) is 11.7 Å². The van der Waals surface area contributed by atoms with Crippen LogP contribution >= 0.6 is 23.2 Å². The Balaban J connectivity index is 1.84. The second-order valence-corrected chi connectivity index (χ2v) is 12.6. The van der Waals surface area contributed by atoms with E-state index in [9.17, 15) is 18.0 Å². The van der Waals surface area contributed by atoms with Crippen molar-refractivity contribution in [1.82, 2.24) is 9.78 Å². The summed E-state index contributed by atoms with van der Waals surface area (Å²) in [5, 5.41) is 4.78. The van der Waals surface area contributed by atoms with Crippen LogP contribution in [-0.4, -0.2) is 35.7 Å². The Morgan fingerprint density at radius 3 is 2.39 bits per heavy atom. The third-order valence-corrected chi connectivity index (χ3v) is 9.13. The molecule has 0 saturated carbocycles. The van der Waals surface area contributed by atoms with Crippen molar-refractivity contribution >= 4 is 44.8 Å². The molecule has 10 heteroatoms. The maximum atomic E-state index is 13.9. The van der Waals surface area contributed by atoms with Crippen molar-refractivity contribution in [3.8, 4) is 5.88 Å². The molecule has 0 radical (unpaired) electrons.